The number of halogens is 1. The molecule has 0 saturated carbocycles. The Balaban J connectivity index is 1.31. The second kappa shape index (κ2) is 13.6. The lowest BCUT2D eigenvalue weighted by Gasteiger charge is -2.17. The Bertz CT molecular complexity index is 2380. The monoisotopic (exact) mass is 696 g/mol. The lowest BCUT2D eigenvalue weighted by Crippen LogP contribution is -2.46. The Morgan fingerprint density at radius 2 is 1.64 bits per heavy atom. The molecule has 0 bridgehead atoms. The van der Waals surface area contributed by atoms with Crippen molar-refractivity contribution in [3.05, 3.63) is 126 Å². The Hall–Kier alpha value is -6.35. The fraction of sp³-hybridized carbons (Fsp3) is 0.114. The van der Waals surface area contributed by atoms with Crippen molar-refractivity contribution in [2.75, 3.05) is 7.11 Å². The second-order valence-electron chi connectivity index (χ2n) is 11.1. The van der Waals surface area contributed by atoms with Gasteiger partial charge in [-0.2, -0.15) is 0 Å². The van der Waals surface area contributed by atoms with E-state index in [1.807, 2.05) is 0 Å². The molecule has 3 aromatic heterocycles. The molecule has 0 radical (unpaired) electrons. The largest absolute Gasteiger partial charge is 0.504 e. The van der Waals surface area contributed by atoms with Gasteiger partial charge in [-0.3, -0.25) is 19.4 Å². The molecule has 0 spiro atoms. The highest BCUT2D eigenvalue weighted by Gasteiger charge is 2.28. The average Bonchev–Trinajstić information content (AvgIpc) is 3.50. The molecule has 0 unspecified atom stereocenters. The first-order chi connectivity index (χ1) is 24.0. The minimum Gasteiger partial charge on any atom is -0.504 e. The third kappa shape index (κ3) is 6.53. The number of hydrogen-bond acceptors (Lipinski definition) is 9. The number of nitrogens with one attached hydrogen (secondary N) is 2. The molecule has 0 aliphatic carbocycles. The molecule has 13 nitrogen and oxygen atoms in total. The molecule has 0 saturated heterocycles. The highest BCUT2D eigenvalue weighted by molar-refractivity contribution is 7.90. The topological polar surface area (TPSA) is 196 Å². The molecule has 6 rings (SSSR count). The number of nitrogens with zero attached hydrogens (tertiary/aromatic N) is 3. The summed E-state index contributed by atoms with van der Waals surface area (Å²) in [6.07, 6.45) is 2.52. The summed E-state index contributed by atoms with van der Waals surface area (Å²) in [6.45, 7) is -0.0342. The molecule has 3 aromatic carbocycles. The van der Waals surface area contributed by atoms with Crippen LogP contribution in [0.3, 0.4) is 0 Å². The first-order valence-electron chi connectivity index (χ1n) is 15.1. The van der Waals surface area contributed by atoms with Crippen LogP contribution in [0.1, 0.15) is 32.1 Å². The number of para-hydroxylation sites is 1. The Labute approximate surface area is 284 Å². The Morgan fingerprint density at radius 3 is 2.34 bits per heavy atom. The summed E-state index contributed by atoms with van der Waals surface area (Å²) < 4.78 is 46.9. The van der Waals surface area contributed by atoms with E-state index in [9.17, 15) is 32.3 Å². The van der Waals surface area contributed by atoms with Gasteiger partial charge < -0.3 is 26.2 Å². The number of methoxy groups -OCH3 is 1. The van der Waals surface area contributed by atoms with Gasteiger partial charge in [0.1, 0.15) is 28.8 Å². The van der Waals surface area contributed by atoms with Crippen LogP contribution >= 0.6 is 0 Å². The van der Waals surface area contributed by atoms with Crippen molar-refractivity contribution in [2.45, 2.75) is 23.9 Å². The van der Waals surface area contributed by atoms with Gasteiger partial charge in [0.05, 0.1) is 17.5 Å². The first-order valence-corrected chi connectivity index (χ1v) is 16.5. The number of benzene rings is 3. The number of aromatic nitrogens is 3. The molecule has 254 valence electrons. The van der Waals surface area contributed by atoms with Gasteiger partial charge in [-0.15, -0.1) is 0 Å². The van der Waals surface area contributed by atoms with Gasteiger partial charge >= 0.3 is 0 Å². The summed E-state index contributed by atoms with van der Waals surface area (Å²) in [7, 11) is -2.63. The van der Waals surface area contributed by atoms with Crippen LogP contribution in [0.2, 0.25) is 0 Å². The van der Waals surface area contributed by atoms with Crippen molar-refractivity contribution in [3.8, 4) is 11.5 Å². The summed E-state index contributed by atoms with van der Waals surface area (Å²) in [6, 6.07) is 19.5. The normalized spacial score (nSPS) is 12.0. The molecule has 0 aliphatic rings. The number of aromatic hydroxyl groups is 1. The molecule has 3 amide bonds. The van der Waals surface area contributed by atoms with E-state index in [0.29, 0.717) is 27.8 Å². The SMILES string of the molecule is COc1ccc(S(=O)(=O)n2cc(C[C@H](NC(=O)c3nc(C(=O)NCc4ccc(F)cc4)c(O)c4ncccc34)C(N)=O)c3ccccc32)cc1. The van der Waals surface area contributed by atoms with E-state index in [0.717, 1.165) is 3.97 Å². The Morgan fingerprint density at radius 1 is 0.940 bits per heavy atom. The molecular formula is C35H29FN6O7S. The van der Waals surface area contributed by atoms with E-state index in [4.69, 9.17) is 10.5 Å². The molecule has 3 heterocycles. The average molecular weight is 697 g/mol. The van der Waals surface area contributed by atoms with E-state index < -0.39 is 51.0 Å². The zero-order valence-electron chi connectivity index (χ0n) is 26.3. The molecule has 50 heavy (non-hydrogen) atoms. The molecule has 0 aliphatic heterocycles. The molecule has 0 fully saturated rings. The predicted molar refractivity (Wildman–Crippen MR) is 180 cm³/mol. The van der Waals surface area contributed by atoms with Crippen LogP contribution in [-0.4, -0.2) is 58.3 Å². The quantitative estimate of drug-likeness (QED) is 0.157. The number of nitrogens with two attached hydrogens (primary N) is 1. The van der Waals surface area contributed by atoms with Crippen LogP contribution in [-0.2, 0) is 27.8 Å². The number of rotatable bonds is 11. The number of amides is 3. The van der Waals surface area contributed by atoms with Gasteiger partial charge in [0.25, 0.3) is 21.8 Å². The molecule has 5 N–H and O–H groups in total. The number of ether oxygens (including phenoxy) is 1. The third-order valence-electron chi connectivity index (χ3n) is 7.98. The van der Waals surface area contributed by atoms with Crippen molar-refractivity contribution >= 4 is 49.6 Å². The van der Waals surface area contributed by atoms with Crippen molar-refractivity contribution in [1.29, 1.82) is 0 Å². The lowest BCUT2D eigenvalue weighted by atomic mass is 10.0. The van der Waals surface area contributed by atoms with Crippen LogP contribution in [0.25, 0.3) is 21.8 Å². The first kappa shape index (κ1) is 33.5. The molecule has 15 heteroatoms. The highest BCUT2D eigenvalue weighted by atomic mass is 32.2. The van der Waals surface area contributed by atoms with Gasteiger partial charge in [-0.25, -0.2) is 21.8 Å². The van der Waals surface area contributed by atoms with E-state index in [1.54, 1.807) is 24.3 Å². The van der Waals surface area contributed by atoms with Crippen LogP contribution in [0.5, 0.6) is 11.5 Å². The summed E-state index contributed by atoms with van der Waals surface area (Å²) in [5, 5.41) is 16.6. The fourth-order valence-corrected chi connectivity index (χ4v) is 6.82. The number of fused-ring (bicyclic) bond motifs is 2. The summed E-state index contributed by atoms with van der Waals surface area (Å²) >= 11 is 0. The van der Waals surface area contributed by atoms with Crippen LogP contribution in [0.15, 0.2) is 102 Å². The predicted octanol–water partition coefficient (Wildman–Crippen LogP) is 3.43. The smallest absolute Gasteiger partial charge is 0.274 e. The van der Waals surface area contributed by atoms with Crippen molar-refractivity contribution in [3.63, 3.8) is 0 Å². The number of primary amides is 1. The molecular weight excluding hydrogens is 667 g/mol. The summed E-state index contributed by atoms with van der Waals surface area (Å²) in [4.78, 5) is 47.9. The van der Waals surface area contributed by atoms with E-state index in [-0.39, 0.29) is 34.5 Å². The standard InChI is InChI=1S/C35H29FN6O7S/c1-49-23-12-14-24(15-13-23)50(47,48)42-19-21(25-5-2-3-7-28(25)42)17-27(33(37)44)40-35(46)30-26-6-4-16-38-29(26)32(43)31(41-30)34(45)39-18-20-8-10-22(36)11-9-20/h2-16,19,27,43H,17-18H2,1H3,(H2,37,44)(H,39,45)(H,40,46)/t27-/m0/s1. The van der Waals surface area contributed by atoms with E-state index in [1.165, 1.54) is 80.2 Å². The maximum atomic E-state index is 13.8. The minimum atomic E-state index is -4.10. The van der Waals surface area contributed by atoms with Gasteiger partial charge in [0.15, 0.2) is 11.4 Å². The van der Waals surface area contributed by atoms with Crippen LogP contribution in [0, 0.1) is 5.82 Å². The summed E-state index contributed by atoms with van der Waals surface area (Å²) in [5.41, 5.74) is 6.10. The Kier molecular flexibility index (Phi) is 9.15. The van der Waals surface area contributed by atoms with Crippen LogP contribution in [0.4, 0.5) is 4.39 Å². The van der Waals surface area contributed by atoms with Gasteiger partial charge in [-0.05, 0) is 65.7 Å². The second-order valence-corrected chi connectivity index (χ2v) is 13.0. The van der Waals surface area contributed by atoms with Crippen molar-refractivity contribution < 1.29 is 37.0 Å². The number of carbonyl (C=O) groups excluding carboxylic acids is 3. The van der Waals surface area contributed by atoms with Crippen molar-refractivity contribution in [1.82, 2.24) is 24.6 Å². The summed E-state index contributed by atoms with van der Waals surface area (Å²) in [5.74, 6) is -3.22. The van der Waals surface area contributed by atoms with E-state index in [2.05, 4.69) is 20.6 Å². The lowest BCUT2D eigenvalue weighted by molar-refractivity contribution is -0.119. The highest BCUT2D eigenvalue weighted by Crippen LogP contribution is 2.30. The fourth-order valence-electron chi connectivity index (χ4n) is 5.43. The maximum absolute atomic E-state index is 13.8. The van der Waals surface area contributed by atoms with E-state index >= 15 is 0 Å². The van der Waals surface area contributed by atoms with Gasteiger partial charge in [0.2, 0.25) is 5.91 Å². The minimum absolute atomic E-state index is 0.00163. The molecule has 1 atom stereocenters. The van der Waals surface area contributed by atoms with Gasteiger partial charge in [0, 0.05) is 36.1 Å². The molecule has 6 aromatic rings. The zero-order chi connectivity index (χ0) is 35.6. The zero-order valence-corrected chi connectivity index (χ0v) is 27.1. The van der Waals surface area contributed by atoms with Crippen LogP contribution < -0.4 is 21.1 Å². The third-order valence-corrected chi connectivity index (χ3v) is 9.67. The maximum Gasteiger partial charge on any atom is 0.274 e. The van der Waals surface area contributed by atoms with Gasteiger partial charge in [-0.1, -0.05) is 30.3 Å². The number of pyridine rings is 2. The number of carbonyl (C=O) groups is 3. The number of hydrogen-bond donors (Lipinski definition) is 4. The van der Waals surface area contributed by atoms with Crippen molar-refractivity contribution in [2.24, 2.45) is 5.73 Å².